The van der Waals surface area contributed by atoms with Gasteiger partial charge < -0.3 is 15.0 Å². The molecule has 1 aromatic rings. The third-order valence-corrected chi connectivity index (χ3v) is 2.50. The Morgan fingerprint density at radius 3 is 2.71 bits per heavy atom. The van der Waals surface area contributed by atoms with E-state index in [9.17, 15) is 0 Å². The average Bonchev–Trinajstić information content (AvgIpc) is 2.34. The van der Waals surface area contributed by atoms with Gasteiger partial charge in [-0.1, -0.05) is 6.92 Å². The van der Waals surface area contributed by atoms with Gasteiger partial charge >= 0.3 is 0 Å². The van der Waals surface area contributed by atoms with Crippen molar-refractivity contribution in [2.45, 2.75) is 20.8 Å². The summed E-state index contributed by atoms with van der Waals surface area (Å²) < 4.78 is 5.16. The van der Waals surface area contributed by atoms with E-state index in [1.807, 2.05) is 13.0 Å². The van der Waals surface area contributed by atoms with Crippen LogP contribution in [0.2, 0.25) is 0 Å². The second-order valence-electron chi connectivity index (χ2n) is 3.78. The van der Waals surface area contributed by atoms with Crippen molar-refractivity contribution >= 4 is 5.95 Å². The van der Waals surface area contributed by atoms with Crippen LogP contribution in [0, 0.1) is 6.92 Å². The summed E-state index contributed by atoms with van der Waals surface area (Å²) in [5, 5.41) is 3.30. The van der Waals surface area contributed by atoms with Crippen molar-refractivity contribution in [1.29, 1.82) is 0 Å². The number of aromatic nitrogens is 2. The van der Waals surface area contributed by atoms with Crippen LogP contribution in [0.3, 0.4) is 0 Å². The van der Waals surface area contributed by atoms with Gasteiger partial charge in [-0.3, -0.25) is 0 Å². The van der Waals surface area contributed by atoms with Gasteiger partial charge in [0.15, 0.2) is 0 Å². The molecule has 0 amide bonds. The summed E-state index contributed by atoms with van der Waals surface area (Å²) in [4.78, 5) is 10.9. The molecule has 1 N–H and O–H groups in total. The van der Waals surface area contributed by atoms with Crippen molar-refractivity contribution in [1.82, 2.24) is 15.3 Å². The monoisotopic (exact) mass is 238 g/mol. The lowest BCUT2D eigenvalue weighted by Gasteiger charge is -2.21. The summed E-state index contributed by atoms with van der Waals surface area (Å²) in [6.07, 6.45) is 0. The lowest BCUT2D eigenvalue weighted by Crippen LogP contribution is -2.33. The molecule has 5 nitrogen and oxygen atoms in total. The van der Waals surface area contributed by atoms with Gasteiger partial charge in [0.25, 0.3) is 0 Å². The fourth-order valence-electron chi connectivity index (χ4n) is 1.56. The van der Waals surface area contributed by atoms with E-state index in [-0.39, 0.29) is 0 Å². The summed E-state index contributed by atoms with van der Waals surface area (Å²) in [7, 11) is 1.63. The van der Waals surface area contributed by atoms with Crippen LogP contribution in [0.25, 0.3) is 0 Å². The van der Waals surface area contributed by atoms with Gasteiger partial charge in [0.2, 0.25) is 11.8 Å². The summed E-state index contributed by atoms with van der Waals surface area (Å²) in [6.45, 7) is 9.85. The van der Waals surface area contributed by atoms with Gasteiger partial charge in [-0.05, 0) is 20.4 Å². The zero-order valence-electron chi connectivity index (χ0n) is 11.2. The molecule has 0 atom stereocenters. The molecule has 0 unspecified atom stereocenters. The Balaban J connectivity index is 2.76. The Hall–Kier alpha value is -1.36. The maximum Gasteiger partial charge on any atom is 0.228 e. The van der Waals surface area contributed by atoms with E-state index in [0.29, 0.717) is 5.88 Å². The molecule has 0 bridgehead atoms. The van der Waals surface area contributed by atoms with Crippen LogP contribution in [0.5, 0.6) is 5.88 Å². The van der Waals surface area contributed by atoms with Gasteiger partial charge in [-0.2, -0.15) is 4.98 Å². The van der Waals surface area contributed by atoms with Crippen molar-refractivity contribution < 1.29 is 4.74 Å². The molecule has 0 saturated heterocycles. The zero-order valence-corrected chi connectivity index (χ0v) is 11.2. The molecule has 1 heterocycles. The Morgan fingerprint density at radius 1 is 1.35 bits per heavy atom. The predicted molar refractivity (Wildman–Crippen MR) is 69.8 cm³/mol. The van der Waals surface area contributed by atoms with E-state index in [2.05, 4.69) is 34.0 Å². The molecule has 0 aromatic carbocycles. The standard InChI is InChI=1S/C12H22N4O/c1-5-13-7-8-16(6-2)12-14-10(3)9-11(15-12)17-4/h9,13H,5-8H2,1-4H3. The normalized spacial score (nSPS) is 10.4. The molecule has 0 saturated carbocycles. The highest BCUT2D eigenvalue weighted by molar-refractivity contribution is 5.34. The number of methoxy groups -OCH3 is 1. The van der Waals surface area contributed by atoms with E-state index in [1.165, 1.54) is 0 Å². The lowest BCUT2D eigenvalue weighted by atomic mass is 10.4. The van der Waals surface area contributed by atoms with Crippen molar-refractivity contribution in [3.8, 4) is 5.88 Å². The molecular formula is C12H22N4O. The van der Waals surface area contributed by atoms with Gasteiger partial charge in [-0.15, -0.1) is 0 Å². The SMILES string of the molecule is CCNCCN(CC)c1nc(C)cc(OC)n1. The molecular weight excluding hydrogens is 216 g/mol. The largest absolute Gasteiger partial charge is 0.481 e. The molecule has 1 aromatic heterocycles. The number of hydrogen-bond acceptors (Lipinski definition) is 5. The zero-order chi connectivity index (χ0) is 12.7. The third-order valence-electron chi connectivity index (χ3n) is 2.50. The Bertz CT molecular complexity index is 343. The lowest BCUT2D eigenvalue weighted by molar-refractivity contribution is 0.396. The van der Waals surface area contributed by atoms with E-state index in [0.717, 1.165) is 37.8 Å². The van der Waals surface area contributed by atoms with Crippen molar-refractivity contribution in [3.05, 3.63) is 11.8 Å². The molecule has 0 aliphatic heterocycles. The van der Waals surface area contributed by atoms with Gasteiger partial charge in [-0.25, -0.2) is 4.98 Å². The molecule has 0 spiro atoms. The molecule has 0 aliphatic carbocycles. The quantitative estimate of drug-likeness (QED) is 0.724. The first-order valence-corrected chi connectivity index (χ1v) is 6.06. The van der Waals surface area contributed by atoms with Gasteiger partial charge in [0.05, 0.1) is 7.11 Å². The Morgan fingerprint density at radius 2 is 2.12 bits per heavy atom. The minimum Gasteiger partial charge on any atom is -0.481 e. The minimum atomic E-state index is 0.620. The Kier molecular flexibility index (Phi) is 5.69. The number of likely N-dealkylation sites (N-methyl/N-ethyl adjacent to an activating group) is 2. The number of rotatable bonds is 7. The molecule has 1 rings (SSSR count). The molecule has 0 radical (unpaired) electrons. The highest BCUT2D eigenvalue weighted by atomic mass is 16.5. The van der Waals surface area contributed by atoms with Crippen LogP contribution in [0.1, 0.15) is 19.5 Å². The molecule has 0 fully saturated rings. The first-order chi connectivity index (χ1) is 8.21. The molecule has 17 heavy (non-hydrogen) atoms. The first-order valence-electron chi connectivity index (χ1n) is 6.06. The van der Waals surface area contributed by atoms with E-state index in [4.69, 9.17) is 4.74 Å². The number of nitrogens with zero attached hydrogens (tertiary/aromatic N) is 3. The van der Waals surface area contributed by atoms with Crippen LogP contribution < -0.4 is 15.0 Å². The number of ether oxygens (including phenoxy) is 1. The number of hydrogen-bond donors (Lipinski definition) is 1. The average molecular weight is 238 g/mol. The minimum absolute atomic E-state index is 0.620. The molecule has 96 valence electrons. The van der Waals surface area contributed by atoms with Crippen LogP contribution in [0.15, 0.2) is 6.07 Å². The summed E-state index contributed by atoms with van der Waals surface area (Å²) in [5.41, 5.74) is 0.925. The van der Waals surface area contributed by atoms with Gasteiger partial charge in [0.1, 0.15) is 0 Å². The molecule has 0 aliphatic rings. The predicted octanol–water partition coefficient (Wildman–Crippen LogP) is 1.23. The number of nitrogens with one attached hydrogen (secondary N) is 1. The van der Waals surface area contributed by atoms with Crippen molar-refractivity contribution in [2.75, 3.05) is 38.2 Å². The molecule has 5 heteroatoms. The van der Waals surface area contributed by atoms with Crippen LogP contribution in [-0.4, -0.2) is 43.3 Å². The van der Waals surface area contributed by atoms with E-state index in [1.54, 1.807) is 7.11 Å². The topological polar surface area (TPSA) is 50.3 Å². The van der Waals surface area contributed by atoms with E-state index >= 15 is 0 Å². The summed E-state index contributed by atoms with van der Waals surface area (Å²) in [6, 6.07) is 1.83. The maximum absolute atomic E-state index is 5.16. The highest BCUT2D eigenvalue weighted by Crippen LogP contribution is 2.14. The van der Waals surface area contributed by atoms with Crippen LogP contribution >= 0.6 is 0 Å². The smallest absolute Gasteiger partial charge is 0.228 e. The van der Waals surface area contributed by atoms with E-state index < -0.39 is 0 Å². The van der Waals surface area contributed by atoms with Crippen molar-refractivity contribution in [2.24, 2.45) is 0 Å². The van der Waals surface area contributed by atoms with Gasteiger partial charge in [0, 0.05) is 31.4 Å². The summed E-state index contributed by atoms with van der Waals surface area (Å²) in [5.74, 6) is 1.36. The Labute approximate surface area is 103 Å². The summed E-state index contributed by atoms with van der Waals surface area (Å²) >= 11 is 0. The second-order valence-corrected chi connectivity index (χ2v) is 3.78. The van der Waals surface area contributed by atoms with Crippen molar-refractivity contribution in [3.63, 3.8) is 0 Å². The first kappa shape index (κ1) is 13.7. The van der Waals surface area contributed by atoms with Crippen LogP contribution in [0.4, 0.5) is 5.95 Å². The van der Waals surface area contributed by atoms with Crippen LogP contribution in [-0.2, 0) is 0 Å². The number of anilines is 1. The number of aryl methyl sites for hydroxylation is 1. The fourth-order valence-corrected chi connectivity index (χ4v) is 1.56. The second kappa shape index (κ2) is 7.06. The third kappa shape index (κ3) is 4.19. The maximum atomic E-state index is 5.16. The fraction of sp³-hybridized carbons (Fsp3) is 0.667. The highest BCUT2D eigenvalue weighted by Gasteiger charge is 2.09.